The number of hydrogen-bond donors (Lipinski definition) is 1. The summed E-state index contributed by atoms with van der Waals surface area (Å²) in [5.74, 6) is 0.256. The van der Waals surface area contributed by atoms with E-state index >= 15 is 0 Å². The molecule has 25 heavy (non-hydrogen) atoms. The van der Waals surface area contributed by atoms with Crippen LogP contribution in [0.25, 0.3) is 0 Å². The van der Waals surface area contributed by atoms with Crippen molar-refractivity contribution in [3.05, 3.63) is 18.2 Å². The minimum absolute atomic E-state index is 0.230. The first kappa shape index (κ1) is 19.0. The van der Waals surface area contributed by atoms with E-state index in [0.717, 1.165) is 42.0 Å². The average Bonchev–Trinajstić information content (AvgIpc) is 3.09. The summed E-state index contributed by atoms with van der Waals surface area (Å²) in [6.07, 6.45) is 4.87. The van der Waals surface area contributed by atoms with Gasteiger partial charge in [-0.15, -0.1) is 0 Å². The fourth-order valence-electron chi connectivity index (χ4n) is 2.57. The summed E-state index contributed by atoms with van der Waals surface area (Å²) in [7, 11) is -0.818. The third-order valence-corrected chi connectivity index (χ3v) is 4.99. The molecule has 0 unspecified atom stereocenters. The molecule has 0 spiro atoms. The number of sulfonamides is 1. The van der Waals surface area contributed by atoms with E-state index in [9.17, 15) is 13.2 Å². The van der Waals surface area contributed by atoms with Crippen LogP contribution in [-0.4, -0.2) is 47.1 Å². The first-order chi connectivity index (χ1) is 11.8. The number of amides is 1. The Hall–Kier alpha value is -2.29. The molecule has 1 fully saturated rings. The van der Waals surface area contributed by atoms with E-state index in [1.165, 1.54) is 20.3 Å². The van der Waals surface area contributed by atoms with Crippen LogP contribution in [0.4, 0.5) is 5.69 Å². The lowest BCUT2D eigenvalue weighted by molar-refractivity contribution is -0.119. The molecule has 1 amide bonds. The van der Waals surface area contributed by atoms with Crippen molar-refractivity contribution in [1.82, 2.24) is 5.43 Å². The van der Waals surface area contributed by atoms with E-state index in [2.05, 4.69) is 10.5 Å². The molecule has 8 nitrogen and oxygen atoms in total. The van der Waals surface area contributed by atoms with Crippen molar-refractivity contribution in [3.63, 3.8) is 0 Å². The van der Waals surface area contributed by atoms with E-state index < -0.39 is 22.5 Å². The van der Waals surface area contributed by atoms with Gasteiger partial charge in [-0.2, -0.15) is 5.10 Å². The van der Waals surface area contributed by atoms with Gasteiger partial charge in [0, 0.05) is 11.8 Å². The summed E-state index contributed by atoms with van der Waals surface area (Å²) >= 11 is 0. The predicted molar refractivity (Wildman–Crippen MR) is 95.8 cm³/mol. The summed E-state index contributed by atoms with van der Waals surface area (Å²) in [5, 5.41) is 4.07. The number of benzene rings is 1. The standard InChI is InChI=1S/C16H23N3O5S/c1-23-13-8-9-15(24-2)14(10-13)19(25(3,21)22)11-16(20)18-17-12-6-4-5-7-12/h8-10H,4-7,11H2,1-3H3,(H,18,20). The van der Waals surface area contributed by atoms with Gasteiger partial charge in [-0.3, -0.25) is 9.10 Å². The normalized spacial score (nSPS) is 14.1. The van der Waals surface area contributed by atoms with Gasteiger partial charge in [0.15, 0.2) is 0 Å². The minimum Gasteiger partial charge on any atom is -0.497 e. The summed E-state index contributed by atoms with van der Waals surface area (Å²) in [4.78, 5) is 12.2. The molecule has 0 radical (unpaired) electrons. The molecule has 1 N–H and O–H groups in total. The first-order valence-corrected chi connectivity index (χ1v) is 9.74. The highest BCUT2D eigenvalue weighted by Crippen LogP contribution is 2.33. The third-order valence-electron chi connectivity index (χ3n) is 3.86. The van der Waals surface area contributed by atoms with Crippen molar-refractivity contribution >= 4 is 27.3 Å². The molecule has 0 bridgehead atoms. The number of nitrogens with zero attached hydrogens (tertiary/aromatic N) is 2. The molecule has 9 heteroatoms. The van der Waals surface area contributed by atoms with Crippen molar-refractivity contribution < 1.29 is 22.7 Å². The lowest BCUT2D eigenvalue weighted by atomic mass is 10.2. The summed E-state index contributed by atoms with van der Waals surface area (Å²) in [6, 6.07) is 4.74. The van der Waals surface area contributed by atoms with Gasteiger partial charge in [-0.1, -0.05) is 0 Å². The Morgan fingerprint density at radius 1 is 1.24 bits per heavy atom. The van der Waals surface area contributed by atoms with Crippen molar-refractivity contribution in [1.29, 1.82) is 0 Å². The SMILES string of the molecule is COc1ccc(OC)c(N(CC(=O)NN=C2CCCC2)S(C)(=O)=O)c1. The van der Waals surface area contributed by atoms with Gasteiger partial charge in [-0.05, 0) is 37.8 Å². The molecule has 1 aromatic rings. The van der Waals surface area contributed by atoms with E-state index in [0.29, 0.717) is 11.5 Å². The largest absolute Gasteiger partial charge is 0.497 e. The molecule has 1 aromatic carbocycles. The smallest absolute Gasteiger partial charge is 0.260 e. The Kier molecular flexibility index (Phi) is 6.24. The van der Waals surface area contributed by atoms with Crippen LogP contribution >= 0.6 is 0 Å². The van der Waals surface area contributed by atoms with Crippen LogP contribution in [0.2, 0.25) is 0 Å². The minimum atomic E-state index is -3.72. The predicted octanol–water partition coefficient (Wildman–Crippen LogP) is 1.52. The monoisotopic (exact) mass is 369 g/mol. The van der Waals surface area contributed by atoms with Crippen molar-refractivity contribution in [2.24, 2.45) is 5.10 Å². The second-order valence-electron chi connectivity index (χ2n) is 5.73. The number of rotatable bonds is 7. The molecule has 2 rings (SSSR count). The molecule has 0 atom stereocenters. The lowest BCUT2D eigenvalue weighted by Crippen LogP contribution is -2.39. The van der Waals surface area contributed by atoms with Crippen LogP contribution in [0, 0.1) is 0 Å². The highest BCUT2D eigenvalue weighted by atomic mass is 32.2. The fourth-order valence-corrected chi connectivity index (χ4v) is 3.43. The second-order valence-corrected chi connectivity index (χ2v) is 7.63. The van der Waals surface area contributed by atoms with Gasteiger partial charge in [0.2, 0.25) is 10.0 Å². The maximum absolute atomic E-state index is 12.2. The van der Waals surface area contributed by atoms with Gasteiger partial charge in [0.05, 0.1) is 26.2 Å². The molecule has 0 heterocycles. The topological polar surface area (TPSA) is 97.3 Å². The Morgan fingerprint density at radius 3 is 2.48 bits per heavy atom. The van der Waals surface area contributed by atoms with Crippen molar-refractivity contribution in [2.75, 3.05) is 31.3 Å². The summed E-state index contributed by atoms with van der Waals surface area (Å²) in [5.41, 5.74) is 3.59. The second kappa shape index (κ2) is 8.19. The fraction of sp³-hybridized carbons (Fsp3) is 0.500. The molecular weight excluding hydrogens is 346 g/mol. The zero-order valence-corrected chi connectivity index (χ0v) is 15.4. The van der Waals surface area contributed by atoms with Crippen molar-refractivity contribution in [2.45, 2.75) is 25.7 Å². The number of nitrogens with one attached hydrogen (secondary N) is 1. The van der Waals surface area contributed by atoms with Crippen LogP contribution in [0.3, 0.4) is 0 Å². The van der Waals surface area contributed by atoms with E-state index in [1.807, 2.05) is 0 Å². The molecular formula is C16H23N3O5S. The zero-order chi connectivity index (χ0) is 18.4. The first-order valence-electron chi connectivity index (χ1n) is 7.89. The zero-order valence-electron chi connectivity index (χ0n) is 14.6. The Morgan fingerprint density at radius 2 is 1.92 bits per heavy atom. The Bertz CT molecular complexity index is 753. The van der Waals surface area contributed by atoms with Gasteiger partial charge in [0.25, 0.3) is 5.91 Å². The third kappa shape index (κ3) is 5.09. The number of methoxy groups -OCH3 is 2. The number of hydrazone groups is 1. The number of ether oxygens (including phenoxy) is 2. The lowest BCUT2D eigenvalue weighted by Gasteiger charge is -2.23. The molecule has 1 aliphatic rings. The average molecular weight is 369 g/mol. The summed E-state index contributed by atoms with van der Waals surface area (Å²) < 4.78 is 35.8. The number of hydrogen-bond acceptors (Lipinski definition) is 6. The van der Waals surface area contributed by atoms with E-state index in [1.54, 1.807) is 12.1 Å². The van der Waals surface area contributed by atoms with Crippen LogP contribution in [0.15, 0.2) is 23.3 Å². The molecule has 0 aromatic heterocycles. The number of carbonyl (C=O) groups is 1. The van der Waals surface area contributed by atoms with Gasteiger partial charge < -0.3 is 9.47 Å². The van der Waals surface area contributed by atoms with E-state index in [4.69, 9.17) is 9.47 Å². The highest BCUT2D eigenvalue weighted by molar-refractivity contribution is 7.92. The molecule has 138 valence electrons. The highest BCUT2D eigenvalue weighted by Gasteiger charge is 2.24. The molecule has 1 saturated carbocycles. The van der Waals surface area contributed by atoms with Crippen LogP contribution < -0.4 is 19.2 Å². The molecule has 0 saturated heterocycles. The molecule has 0 aliphatic heterocycles. The quantitative estimate of drug-likeness (QED) is 0.735. The van der Waals surface area contributed by atoms with E-state index in [-0.39, 0.29) is 5.69 Å². The van der Waals surface area contributed by atoms with Crippen LogP contribution in [0.5, 0.6) is 11.5 Å². The summed E-state index contributed by atoms with van der Waals surface area (Å²) in [6.45, 7) is -0.404. The van der Waals surface area contributed by atoms with Crippen LogP contribution in [0.1, 0.15) is 25.7 Å². The van der Waals surface area contributed by atoms with Crippen LogP contribution in [-0.2, 0) is 14.8 Å². The van der Waals surface area contributed by atoms with Gasteiger partial charge in [0.1, 0.15) is 18.0 Å². The van der Waals surface area contributed by atoms with Gasteiger partial charge in [-0.25, -0.2) is 13.8 Å². The van der Waals surface area contributed by atoms with Crippen molar-refractivity contribution in [3.8, 4) is 11.5 Å². The number of anilines is 1. The Balaban J connectivity index is 2.25. The maximum atomic E-state index is 12.2. The maximum Gasteiger partial charge on any atom is 0.260 e. The molecule has 1 aliphatic carbocycles. The number of carbonyl (C=O) groups excluding carboxylic acids is 1. The Labute approximate surface area is 147 Å². The van der Waals surface area contributed by atoms with Gasteiger partial charge >= 0.3 is 0 Å².